The second kappa shape index (κ2) is 8.46. The van der Waals surface area contributed by atoms with E-state index in [0.717, 1.165) is 0 Å². The van der Waals surface area contributed by atoms with E-state index in [4.69, 9.17) is 5.11 Å². The number of likely N-dealkylation sites (tertiary alicyclic amines) is 1. The molecule has 1 fully saturated rings. The zero-order chi connectivity index (χ0) is 19.3. The standard InChI is InChI=1S/C18H23N3O5/c1-12(22)20(2)11-16(23)19-15-5-3-13(4-6-15)17(24)21-9-7-14(8-10-21)18(25)26/h3-6,14H,7-11H2,1-2H3,(H,19,23)(H,25,26). The number of piperidine rings is 1. The van der Waals surface area contributed by atoms with Gasteiger partial charge in [-0.3, -0.25) is 19.2 Å². The number of carbonyl (C=O) groups is 4. The molecule has 26 heavy (non-hydrogen) atoms. The molecule has 1 heterocycles. The molecule has 8 heteroatoms. The van der Waals surface area contributed by atoms with Crippen molar-refractivity contribution in [3.8, 4) is 0 Å². The van der Waals surface area contributed by atoms with E-state index in [9.17, 15) is 19.2 Å². The van der Waals surface area contributed by atoms with E-state index in [-0.39, 0.29) is 30.2 Å². The van der Waals surface area contributed by atoms with Crippen LogP contribution in [0.25, 0.3) is 0 Å². The molecule has 1 aliphatic heterocycles. The highest BCUT2D eigenvalue weighted by Crippen LogP contribution is 2.20. The van der Waals surface area contributed by atoms with Gasteiger partial charge in [0.25, 0.3) is 5.91 Å². The van der Waals surface area contributed by atoms with E-state index in [2.05, 4.69) is 5.32 Å². The minimum absolute atomic E-state index is 0.0471. The van der Waals surface area contributed by atoms with Crippen molar-refractivity contribution in [2.45, 2.75) is 19.8 Å². The Morgan fingerprint density at radius 1 is 1.15 bits per heavy atom. The van der Waals surface area contributed by atoms with Gasteiger partial charge in [-0.2, -0.15) is 0 Å². The zero-order valence-electron chi connectivity index (χ0n) is 14.9. The summed E-state index contributed by atoms with van der Waals surface area (Å²) in [4.78, 5) is 49.4. The number of aliphatic carboxylic acids is 1. The van der Waals surface area contributed by atoms with Gasteiger partial charge < -0.3 is 20.2 Å². The van der Waals surface area contributed by atoms with E-state index in [1.165, 1.54) is 18.9 Å². The van der Waals surface area contributed by atoms with Gasteiger partial charge in [0.05, 0.1) is 12.5 Å². The number of carboxylic acid groups (broad SMARTS) is 1. The van der Waals surface area contributed by atoms with Crippen molar-refractivity contribution in [3.63, 3.8) is 0 Å². The summed E-state index contributed by atoms with van der Waals surface area (Å²) in [5, 5.41) is 11.7. The van der Waals surface area contributed by atoms with Crippen molar-refractivity contribution in [2.75, 3.05) is 32.0 Å². The lowest BCUT2D eigenvalue weighted by molar-refractivity contribution is -0.143. The first-order valence-corrected chi connectivity index (χ1v) is 8.41. The molecule has 0 unspecified atom stereocenters. The van der Waals surface area contributed by atoms with Crippen LogP contribution in [0.5, 0.6) is 0 Å². The summed E-state index contributed by atoms with van der Waals surface area (Å²) < 4.78 is 0. The molecule has 1 aromatic carbocycles. The van der Waals surface area contributed by atoms with E-state index in [1.807, 2.05) is 0 Å². The van der Waals surface area contributed by atoms with Crippen molar-refractivity contribution < 1.29 is 24.3 Å². The Bertz CT molecular complexity index is 693. The zero-order valence-corrected chi connectivity index (χ0v) is 14.9. The molecule has 1 aromatic rings. The molecule has 0 aliphatic carbocycles. The van der Waals surface area contributed by atoms with Gasteiger partial charge >= 0.3 is 5.97 Å². The highest BCUT2D eigenvalue weighted by Gasteiger charge is 2.27. The van der Waals surface area contributed by atoms with Crippen LogP contribution in [0, 0.1) is 5.92 Å². The largest absolute Gasteiger partial charge is 0.481 e. The number of likely N-dealkylation sites (N-methyl/N-ethyl adjacent to an activating group) is 1. The first-order valence-electron chi connectivity index (χ1n) is 8.41. The van der Waals surface area contributed by atoms with Crippen LogP contribution in [0.15, 0.2) is 24.3 Å². The van der Waals surface area contributed by atoms with Gasteiger partial charge in [-0.1, -0.05) is 0 Å². The smallest absolute Gasteiger partial charge is 0.306 e. The van der Waals surface area contributed by atoms with Gasteiger partial charge in [0.15, 0.2) is 0 Å². The summed E-state index contributed by atoms with van der Waals surface area (Å²) in [6.07, 6.45) is 0.914. The highest BCUT2D eigenvalue weighted by molar-refractivity contribution is 5.97. The van der Waals surface area contributed by atoms with Crippen molar-refractivity contribution in [3.05, 3.63) is 29.8 Å². The fraction of sp³-hybridized carbons (Fsp3) is 0.444. The average Bonchev–Trinajstić information content (AvgIpc) is 2.61. The molecule has 8 nitrogen and oxygen atoms in total. The van der Waals surface area contributed by atoms with Crippen LogP contribution in [0.2, 0.25) is 0 Å². The third-order valence-electron chi connectivity index (χ3n) is 4.47. The van der Waals surface area contributed by atoms with Gasteiger partial charge in [0.2, 0.25) is 11.8 Å². The van der Waals surface area contributed by atoms with Crippen LogP contribution in [-0.4, -0.2) is 65.3 Å². The predicted octanol–water partition coefficient (Wildman–Crippen LogP) is 1.04. The van der Waals surface area contributed by atoms with Crippen molar-refractivity contribution in [1.82, 2.24) is 9.80 Å². The third kappa shape index (κ3) is 5.05. The van der Waals surface area contributed by atoms with Crippen molar-refractivity contribution >= 4 is 29.4 Å². The lowest BCUT2D eigenvalue weighted by Crippen LogP contribution is -2.40. The quantitative estimate of drug-likeness (QED) is 0.815. The van der Waals surface area contributed by atoms with E-state index < -0.39 is 5.97 Å². The fourth-order valence-corrected chi connectivity index (χ4v) is 2.74. The summed E-state index contributed by atoms with van der Waals surface area (Å²) >= 11 is 0. The number of hydrogen-bond acceptors (Lipinski definition) is 4. The SMILES string of the molecule is CC(=O)N(C)CC(=O)Nc1ccc(C(=O)N2CCC(C(=O)O)CC2)cc1. The first kappa shape index (κ1) is 19.4. The Morgan fingerprint density at radius 3 is 2.23 bits per heavy atom. The van der Waals surface area contributed by atoms with Crippen LogP contribution in [0.4, 0.5) is 5.69 Å². The molecule has 0 radical (unpaired) electrons. The van der Waals surface area contributed by atoms with Crippen molar-refractivity contribution in [1.29, 1.82) is 0 Å². The number of carboxylic acids is 1. The molecule has 0 aromatic heterocycles. The lowest BCUT2D eigenvalue weighted by atomic mass is 9.96. The van der Waals surface area contributed by atoms with Crippen LogP contribution in [0.1, 0.15) is 30.1 Å². The average molecular weight is 361 g/mol. The second-order valence-electron chi connectivity index (χ2n) is 6.41. The van der Waals surface area contributed by atoms with Crippen LogP contribution >= 0.6 is 0 Å². The van der Waals surface area contributed by atoms with E-state index >= 15 is 0 Å². The summed E-state index contributed by atoms with van der Waals surface area (Å²) in [6, 6.07) is 6.50. The van der Waals surface area contributed by atoms with E-state index in [1.54, 1.807) is 29.2 Å². The van der Waals surface area contributed by atoms with Gasteiger partial charge in [0, 0.05) is 38.3 Å². The van der Waals surface area contributed by atoms with Crippen molar-refractivity contribution in [2.24, 2.45) is 5.92 Å². The molecule has 0 bridgehead atoms. The summed E-state index contributed by atoms with van der Waals surface area (Å²) in [5.74, 6) is -1.87. The molecule has 0 saturated carbocycles. The Kier molecular flexibility index (Phi) is 6.32. The monoisotopic (exact) mass is 361 g/mol. The number of anilines is 1. The molecule has 3 amide bonds. The number of carbonyl (C=O) groups excluding carboxylic acids is 3. The normalized spacial score (nSPS) is 14.6. The number of nitrogens with one attached hydrogen (secondary N) is 1. The van der Waals surface area contributed by atoms with Crippen LogP contribution in [-0.2, 0) is 14.4 Å². The van der Waals surface area contributed by atoms with Crippen LogP contribution in [0.3, 0.4) is 0 Å². The minimum atomic E-state index is -0.812. The predicted molar refractivity (Wildman–Crippen MR) is 94.6 cm³/mol. The second-order valence-corrected chi connectivity index (χ2v) is 6.41. The summed E-state index contributed by atoms with van der Waals surface area (Å²) in [5.41, 5.74) is 1.02. The maximum absolute atomic E-state index is 12.5. The molecule has 140 valence electrons. The number of nitrogens with zero attached hydrogens (tertiary/aromatic N) is 2. The summed E-state index contributed by atoms with van der Waals surface area (Å²) in [7, 11) is 1.54. The maximum atomic E-state index is 12.5. The Labute approximate surface area is 151 Å². The maximum Gasteiger partial charge on any atom is 0.306 e. The Morgan fingerprint density at radius 2 is 1.73 bits per heavy atom. The topological polar surface area (TPSA) is 107 Å². The molecular weight excluding hydrogens is 338 g/mol. The fourth-order valence-electron chi connectivity index (χ4n) is 2.74. The Hall–Kier alpha value is -2.90. The number of rotatable bonds is 5. The van der Waals surface area contributed by atoms with Gasteiger partial charge in [0.1, 0.15) is 0 Å². The third-order valence-corrected chi connectivity index (χ3v) is 4.47. The minimum Gasteiger partial charge on any atom is -0.481 e. The molecular formula is C18H23N3O5. The molecule has 2 N–H and O–H groups in total. The van der Waals surface area contributed by atoms with Crippen LogP contribution < -0.4 is 5.32 Å². The summed E-state index contributed by atoms with van der Waals surface area (Å²) in [6.45, 7) is 2.18. The van der Waals surface area contributed by atoms with Gasteiger partial charge in [-0.15, -0.1) is 0 Å². The molecule has 1 saturated heterocycles. The molecule has 0 atom stereocenters. The highest BCUT2D eigenvalue weighted by atomic mass is 16.4. The molecule has 2 rings (SSSR count). The van der Waals surface area contributed by atoms with Gasteiger partial charge in [-0.05, 0) is 37.1 Å². The van der Waals surface area contributed by atoms with E-state index in [0.29, 0.717) is 37.2 Å². The number of amides is 3. The molecule has 0 spiro atoms. The first-order chi connectivity index (χ1) is 12.3. The van der Waals surface area contributed by atoms with Gasteiger partial charge in [-0.25, -0.2) is 0 Å². The Balaban J connectivity index is 1.90. The number of benzene rings is 1. The molecule has 1 aliphatic rings. The lowest BCUT2D eigenvalue weighted by Gasteiger charge is -2.30. The number of hydrogen-bond donors (Lipinski definition) is 2.